The van der Waals surface area contributed by atoms with Gasteiger partial charge in [-0.1, -0.05) is 25.1 Å². The molecule has 0 bridgehead atoms. The lowest BCUT2D eigenvalue weighted by Crippen LogP contribution is -2.47. The normalized spacial score (nSPS) is 22.4. The predicted octanol–water partition coefficient (Wildman–Crippen LogP) is 1.69. The molecular weight excluding hydrogens is 264 g/mol. The van der Waals surface area contributed by atoms with E-state index < -0.39 is 0 Å². The van der Waals surface area contributed by atoms with Crippen LogP contribution in [0.25, 0.3) is 10.9 Å². The van der Waals surface area contributed by atoms with Crippen molar-refractivity contribution in [1.29, 1.82) is 0 Å². The number of piperidine rings is 1. The van der Waals surface area contributed by atoms with Crippen LogP contribution in [0.5, 0.6) is 0 Å². The summed E-state index contributed by atoms with van der Waals surface area (Å²) in [5, 5.41) is 11.8. The second-order valence-corrected chi connectivity index (χ2v) is 5.88. The first kappa shape index (κ1) is 14.1. The summed E-state index contributed by atoms with van der Waals surface area (Å²) in [4.78, 5) is 12.4. The SMILES string of the molecule is CC1CCCNC1CNC(=O)c1nn(C)c2ccccc12. The number of amides is 1. The molecule has 2 heterocycles. The van der Waals surface area contributed by atoms with Gasteiger partial charge in [0.15, 0.2) is 5.69 Å². The highest BCUT2D eigenvalue weighted by Gasteiger charge is 2.22. The quantitative estimate of drug-likeness (QED) is 0.903. The summed E-state index contributed by atoms with van der Waals surface area (Å²) >= 11 is 0. The average molecular weight is 286 g/mol. The Morgan fingerprint density at radius 2 is 2.29 bits per heavy atom. The van der Waals surface area contributed by atoms with Gasteiger partial charge < -0.3 is 10.6 Å². The molecule has 112 valence electrons. The largest absolute Gasteiger partial charge is 0.349 e. The van der Waals surface area contributed by atoms with Crippen molar-refractivity contribution in [1.82, 2.24) is 20.4 Å². The van der Waals surface area contributed by atoms with Crippen LogP contribution in [0.1, 0.15) is 30.3 Å². The van der Waals surface area contributed by atoms with Gasteiger partial charge in [-0.05, 0) is 31.4 Å². The molecule has 5 nitrogen and oxygen atoms in total. The van der Waals surface area contributed by atoms with Gasteiger partial charge in [0.05, 0.1) is 5.52 Å². The van der Waals surface area contributed by atoms with E-state index in [1.807, 2.05) is 31.3 Å². The third-order valence-electron chi connectivity index (χ3n) is 4.39. The average Bonchev–Trinajstić information content (AvgIpc) is 2.84. The van der Waals surface area contributed by atoms with Crippen LogP contribution in [0.15, 0.2) is 24.3 Å². The molecule has 0 saturated carbocycles. The third kappa shape index (κ3) is 2.78. The molecule has 0 radical (unpaired) electrons. The maximum Gasteiger partial charge on any atom is 0.272 e. The van der Waals surface area contributed by atoms with Crippen LogP contribution < -0.4 is 10.6 Å². The number of fused-ring (bicyclic) bond motifs is 1. The van der Waals surface area contributed by atoms with Gasteiger partial charge >= 0.3 is 0 Å². The Bertz CT molecular complexity index is 649. The van der Waals surface area contributed by atoms with Crippen LogP contribution >= 0.6 is 0 Å². The summed E-state index contributed by atoms with van der Waals surface area (Å²) in [7, 11) is 1.86. The number of benzene rings is 1. The molecule has 2 unspecified atom stereocenters. The van der Waals surface area contributed by atoms with Crippen LogP contribution in [-0.4, -0.2) is 34.8 Å². The molecule has 1 aliphatic heterocycles. The number of carbonyl (C=O) groups excluding carboxylic acids is 1. The molecule has 0 spiro atoms. The van der Waals surface area contributed by atoms with E-state index in [1.165, 1.54) is 12.8 Å². The van der Waals surface area contributed by atoms with Crippen molar-refractivity contribution in [3.05, 3.63) is 30.0 Å². The minimum Gasteiger partial charge on any atom is -0.349 e. The predicted molar refractivity (Wildman–Crippen MR) is 83.2 cm³/mol. The maximum absolute atomic E-state index is 12.4. The van der Waals surface area contributed by atoms with E-state index in [-0.39, 0.29) is 5.91 Å². The molecule has 2 N–H and O–H groups in total. The summed E-state index contributed by atoms with van der Waals surface area (Å²) in [5.41, 5.74) is 1.49. The summed E-state index contributed by atoms with van der Waals surface area (Å²) in [6.07, 6.45) is 2.44. The molecule has 3 rings (SSSR count). The van der Waals surface area contributed by atoms with Gasteiger partial charge in [0.1, 0.15) is 0 Å². The minimum atomic E-state index is -0.0913. The van der Waals surface area contributed by atoms with Crippen molar-refractivity contribution in [3.63, 3.8) is 0 Å². The summed E-state index contributed by atoms with van der Waals surface area (Å²) in [5.74, 6) is 0.505. The van der Waals surface area contributed by atoms with E-state index in [2.05, 4.69) is 22.7 Å². The monoisotopic (exact) mass is 286 g/mol. The third-order valence-corrected chi connectivity index (χ3v) is 4.39. The van der Waals surface area contributed by atoms with Crippen molar-refractivity contribution in [2.24, 2.45) is 13.0 Å². The van der Waals surface area contributed by atoms with Gasteiger partial charge in [0.25, 0.3) is 5.91 Å². The van der Waals surface area contributed by atoms with Gasteiger partial charge in [-0.15, -0.1) is 0 Å². The van der Waals surface area contributed by atoms with Crippen LogP contribution in [-0.2, 0) is 7.05 Å². The Morgan fingerprint density at radius 1 is 1.48 bits per heavy atom. The van der Waals surface area contributed by atoms with Crippen molar-refractivity contribution in [2.45, 2.75) is 25.8 Å². The van der Waals surface area contributed by atoms with Crippen LogP contribution in [0.3, 0.4) is 0 Å². The lowest BCUT2D eigenvalue weighted by atomic mass is 9.93. The summed E-state index contributed by atoms with van der Waals surface area (Å²) in [6, 6.07) is 8.17. The fourth-order valence-corrected chi connectivity index (χ4v) is 3.06. The first-order valence-corrected chi connectivity index (χ1v) is 7.60. The summed E-state index contributed by atoms with van der Waals surface area (Å²) in [6.45, 7) is 3.93. The Balaban J connectivity index is 1.72. The Morgan fingerprint density at radius 3 is 3.10 bits per heavy atom. The standard InChI is InChI=1S/C16H22N4O/c1-11-6-5-9-17-13(11)10-18-16(21)15-12-7-3-4-8-14(12)20(2)19-15/h3-4,7-8,11,13,17H,5-6,9-10H2,1-2H3,(H,18,21). The van der Waals surface area contributed by atoms with E-state index in [0.29, 0.717) is 24.2 Å². The van der Waals surface area contributed by atoms with Crippen molar-refractivity contribution in [3.8, 4) is 0 Å². The fourth-order valence-electron chi connectivity index (χ4n) is 3.06. The maximum atomic E-state index is 12.4. The Hall–Kier alpha value is -1.88. The van der Waals surface area contributed by atoms with E-state index in [1.54, 1.807) is 4.68 Å². The molecule has 21 heavy (non-hydrogen) atoms. The molecule has 5 heteroatoms. The molecule has 2 atom stereocenters. The van der Waals surface area contributed by atoms with Crippen molar-refractivity contribution < 1.29 is 4.79 Å². The molecule has 1 fully saturated rings. The van der Waals surface area contributed by atoms with E-state index >= 15 is 0 Å². The Labute approximate surface area is 124 Å². The fraction of sp³-hybridized carbons (Fsp3) is 0.500. The van der Waals surface area contributed by atoms with Gasteiger partial charge in [0, 0.05) is 25.0 Å². The zero-order chi connectivity index (χ0) is 14.8. The number of nitrogens with zero attached hydrogens (tertiary/aromatic N) is 2. The highest BCUT2D eigenvalue weighted by molar-refractivity contribution is 6.04. The molecule has 1 aliphatic rings. The number of hydrogen-bond acceptors (Lipinski definition) is 3. The van der Waals surface area contributed by atoms with E-state index in [9.17, 15) is 4.79 Å². The molecule has 0 aliphatic carbocycles. The molecule has 1 amide bonds. The number of rotatable bonds is 3. The number of carbonyl (C=O) groups is 1. The topological polar surface area (TPSA) is 58.9 Å². The molecular formula is C16H22N4O. The van der Waals surface area contributed by atoms with Crippen LogP contribution in [0.4, 0.5) is 0 Å². The number of hydrogen-bond donors (Lipinski definition) is 2. The minimum absolute atomic E-state index is 0.0913. The molecule has 1 aromatic carbocycles. The Kier molecular flexibility index (Phi) is 3.92. The molecule has 1 aromatic heterocycles. The molecule has 2 aromatic rings. The lowest BCUT2D eigenvalue weighted by Gasteiger charge is -2.30. The molecule has 1 saturated heterocycles. The first-order chi connectivity index (χ1) is 10.2. The van der Waals surface area contributed by atoms with Crippen molar-refractivity contribution in [2.75, 3.05) is 13.1 Å². The van der Waals surface area contributed by atoms with Gasteiger partial charge in [-0.2, -0.15) is 5.10 Å². The van der Waals surface area contributed by atoms with Crippen LogP contribution in [0, 0.1) is 5.92 Å². The zero-order valence-corrected chi connectivity index (χ0v) is 12.6. The highest BCUT2D eigenvalue weighted by atomic mass is 16.1. The van der Waals surface area contributed by atoms with E-state index in [4.69, 9.17) is 0 Å². The number of nitrogens with one attached hydrogen (secondary N) is 2. The van der Waals surface area contributed by atoms with Crippen molar-refractivity contribution >= 4 is 16.8 Å². The highest BCUT2D eigenvalue weighted by Crippen LogP contribution is 2.18. The van der Waals surface area contributed by atoms with E-state index in [0.717, 1.165) is 17.4 Å². The van der Waals surface area contributed by atoms with Crippen LogP contribution in [0.2, 0.25) is 0 Å². The smallest absolute Gasteiger partial charge is 0.272 e. The second-order valence-electron chi connectivity index (χ2n) is 5.88. The van der Waals surface area contributed by atoms with Gasteiger partial charge in [-0.25, -0.2) is 0 Å². The van der Waals surface area contributed by atoms with Gasteiger partial charge in [-0.3, -0.25) is 9.48 Å². The number of aromatic nitrogens is 2. The zero-order valence-electron chi connectivity index (χ0n) is 12.6. The number of para-hydroxylation sites is 1. The lowest BCUT2D eigenvalue weighted by molar-refractivity contribution is 0.0939. The number of aryl methyl sites for hydroxylation is 1. The summed E-state index contributed by atoms with van der Waals surface area (Å²) < 4.78 is 1.76. The first-order valence-electron chi connectivity index (χ1n) is 7.60. The van der Waals surface area contributed by atoms with Gasteiger partial charge in [0.2, 0.25) is 0 Å². The second kappa shape index (κ2) is 5.85.